The van der Waals surface area contributed by atoms with Crippen molar-refractivity contribution in [1.82, 2.24) is 5.32 Å². The molecule has 0 saturated heterocycles. The van der Waals surface area contributed by atoms with Gasteiger partial charge in [-0.3, -0.25) is 4.79 Å². The van der Waals surface area contributed by atoms with Crippen LogP contribution in [0.15, 0.2) is 0 Å². The maximum atomic E-state index is 12.0. The van der Waals surface area contributed by atoms with Crippen molar-refractivity contribution >= 4 is 5.91 Å². The molecule has 0 aliphatic carbocycles. The predicted molar refractivity (Wildman–Crippen MR) is 84.7 cm³/mol. The van der Waals surface area contributed by atoms with Gasteiger partial charge in [0.15, 0.2) is 0 Å². The summed E-state index contributed by atoms with van der Waals surface area (Å²) in [6.07, 6.45) is 6.63. The molecule has 0 aliphatic rings. The highest BCUT2D eigenvalue weighted by molar-refractivity contribution is 5.81. The van der Waals surface area contributed by atoms with Crippen molar-refractivity contribution in [3.8, 4) is 0 Å². The van der Waals surface area contributed by atoms with Gasteiger partial charge in [-0.05, 0) is 24.7 Å². The van der Waals surface area contributed by atoms with Crippen LogP contribution in [-0.2, 0) is 4.79 Å². The zero-order valence-electron chi connectivity index (χ0n) is 14.3. The maximum absolute atomic E-state index is 12.0. The number of rotatable bonds is 12. The van der Waals surface area contributed by atoms with Crippen molar-refractivity contribution in [1.29, 1.82) is 0 Å². The summed E-state index contributed by atoms with van der Waals surface area (Å²) in [5.41, 5.74) is 0.131. The fourth-order valence-electron chi connectivity index (χ4n) is 2.55. The van der Waals surface area contributed by atoms with Gasteiger partial charge in [0.2, 0.25) is 0 Å². The molecule has 0 aromatic carbocycles. The topological polar surface area (TPSA) is 29.1 Å². The van der Waals surface area contributed by atoms with Crippen molar-refractivity contribution in [2.75, 3.05) is 6.54 Å². The summed E-state index contributed by atoms with van der Waals surface area (Å²) in [6.45, 7) is 6.60. The zero-order chi connectivity index (χ0) is 17.1. The minimum Gasteiger partial charge on any atom is -0.348 e. The summed E-state index contributed by atoms with van der Waals surface area (Å²) >= 11 is 0. The Balaban J connectivity index is 3.63. The van der Waals surface area contributed by atoms with E-state index in [1.165, 1.54) is 44.9 Å². The van der Waals surface area contributed by atoms with Crippen molar-refractivity contribution < 1.29 is 18.0 Å². The lowest BCUT2D eigenvalue weighted by atomic mass is 9.82. The van der Waals surface area contributed by atoms with E-state index in [1.54, 1.807) is 0 Å². The first-order valence-corrected chi connectivity index (χ1v) is 8.54. The normalized spacial score (nSPS) is 12.5. The highest BCUT2D eigenvalue weighted by Gasteiger charge is 2.38. The second-order valence-corrected chi connectivity index (χ2v) is 6.89. The number of halogens is 3. The Morgan fingerprint density at radius 1 is 0.864 bits per heavy atom. The van der Waals surface area contributed by atoms with Crippen molar-refractivity contribution in [2.24, 2.45) is 5.41 Å². The van der Waals surface area contributed by atoms with Crippen LogP contribution in [0.25, 0.3) is 0 Å². The van der Waals surface area contributed by atoms with Gasteiger partial charge in [0.25, 0.3) is 0 Å². The van der Waals surface area contributed by atoms with Crippen LogP contribution in [0.4, 0.5) is 13.2 Å². The van der Waals surface area contributed by atoms with E-state index in [-0.39, 0.29) is 12.0 Å². The molecule has 22 heavy (non-hydrogen) atoms. The molecule has 1 N–H and O–H groups in total. The maximum Gasteiger partial charge on any atom is 0.471 e. The quantitative estimate of drug-likeness (QED) is 0.465. The van der Waals surface area contributed by atoms with Crippen LogP contribution in [0.3, 0.4) is 0 Å². The van der Waals surface area contributed by atoms with Crippen LogP contribution < -0.4 is 5.32 Å². The average Bonchev–Trinajstić information content (AvgIpc) is 2.41. The summed E-state index contributed by atoms with van der Waals surface area (Å²) in [7, 11) is 0. The first-order chi connectivity index (χ1) is 10.2. The Kier molecular flexibility index (Phi) is 10.5. The molecule has 0 aromatic rings. The Labute approximate surface area is 133 Å². The van der Waals surface area contributed by atoms with Gasteiger partial charge in [-0.1, -0.05) is 65.7 Å². The number of hydrogen-bond donors (Lipinski definition) is 1. The minimum atomic E-state index is -4.77. The van der Waals surface area contributed by atoms with Crippen LogP contribution in [0.5, 0.6) is 0 Å². The molecule has 5 heteroatoms. The molecule has 132 valence electrons. The largest absolute Gasteiger partial charge is 0.471 e. The van der Waals surface area contributed by atoms with Crippen molar-refractivity contribution in [3.63, 3.8) is 0 Å². The molecule has 0 heterocycles. The smallest absolute Gasteiger partial charge is 0.348 e. The van der Waals surface area contributed by atoms with E-state index in [0.29, 0.717) is 6.42 Å². The Morgan fingerprint density at radius 3 is 1.91 bits per heavy atom. The number of carbonyl (C=O) groups is 1. The molecule has 0 fully saturated rings. The molecule has 0 saturated carbocycles. The first kappa shape index (κ1) is 21.3. The SMILES string of the molecule is CCCCCCCCCC(C)(C)CCCNC(=O)C(F)(F)F. The molecule has 0 aliphatic heterocycles. The molecule has 0 radical (unpaired) electrons. The van der Waals surface area contributed by atoms with Gasteiger partial charge in [0.1, 0.15) is 0 Å². The fraction of sp³-hybridized carbons (Fsp3) is 0.941. The van der Waals surface area contributed by atoms with Gasteiger partial charge < -0.3 is 5.32 Å². The van der Waals surface area contributed by atoms with Gasteiger partial charge in [0, 0.05) is 6.54 Å². The lowest BCUT2D eigenvalue weighted by Crippen LogP contribution is -2.37. The monoisotopic (exact) mass is 323 g/mol. The Bertz CT molecular complexity index is 301. The summed E-state index contributed by atoms with van der Waals surface area (Å²) in [5.74, 6) is -1.84. The van der Waals surface area contributed by atoms with E-state index in [2.05, 4.69) is 20.8 Å². The van der Waals surface area contributed by atoms with Crippen molar-refractivity contribution in [2.45, 2.75) is 91.2 Å². The van der Waals surface area contributed by atoms with Crippen LogP contribution >= 0.6 is 0 Å². The second kappa shape index (κ2) is 10.9. The number of hydrogen-bond acceptors (Lipinski definition) is 1. The minimum absolute atomic E-state index is 0.0960. The Morgan fingerprint density at radius 2 is 1.36 bits per heavy atom. The molecule has 0 rings (SSSR count). The summed E-state index contributed by atoms with van der Waals surface area (Å²) in [4.78, 5) is 10.7. The number of alkyl halides is 3. The number of nitrogens with one attached hydrogen (secondary N) is 1. The lowest BCUT2D eigenvalue weighted by Gasteiger charge is -2.24. The van der Waals surface area contributed by atoms with Crippen molar-refractivity contribution in [3.05, 3.63) is 0 Å². The lowest BCUT2D eigenvalue weighted by molar-refractivity contribution is -0.173. The average molecular weight is 323 g/mol. The highest BCUT2D eigenvalue weighted by Crippen LogP contribution is 2.29. The number of carbonyl (C=O) groups excluding carboxylic acids is 1. The van der Waals surface area contributed by atoms with E-state index in [4.69, 9.17) is 0 Å². The first-order valence-electron chi connectivity index (χ1n) is 8.54. The summed E-state index contributed by atoms with van der Waals surface area (Å²) in [5, 5.41) is 1.93. The summed E-state index contributed by atoms with van der Waals surface area (Å²) < 4.78 is 36.0. The summed E-state index contributed by atoms with van der Waals surface area (Å²) in [6, 6.07) is 0. The van der Waals surface area contributed by atoms with Gasteiger partial charge in [0.05, 0.1) is 0 Å². The number of amides is 1. The fourth-order valence-corrected chi connectivity index (χ4v) is 2.55. The van der Waals surface area contributed by atoms with Gasteiger partial charge >= 0.3 is 12.1 Å². The molecule has 2 nitrogen and oxygen atoms in total. The van der Waals surface area contributed by atoms with E-state index in [0.717, 1.165) is 12.8 Å². The van der Waals surface area contributed by atoms with Crippen LogP contribution in [0, 0.1) is 5.41 Å². The highest BCUT2D eigenvalue weighted by atomic mass is 19.4. The Hall–Kier alpha value is -0.740. The molecule has 0 bridgehead atoms. The standard InChI is InChI=1S/C17H32F3NO/c1-4-5-6-7-8-9-10-12-16(2,3)13-11-14-21-15(22)17(18,19)20/h4-14H2,1-3H3,(H,21,22). The molecular formula is C17H32F3NO. The van der Waals surface area contributed by atoms with Gasteiger partial charge in [-0.25, -0.2) is 0 Å². The van der Waals surface area contributed by atoms with Gasteiger partial charge in [-0.2, -0.15) is 13.2 Å². The molecule has 0 unspecified atom stereocenters. The third kappa shape index (κ3) is 11.9. The third-order valence-corrected chi connectivity index (χ3v) is 4.03. The van der Waals surface area contributed by atoms with Crippen LogP contribution in [-0.4, -0.2) is 18.6 Å². The molecule has 0 aromatic heterocycles. The second-order valence-electron chi connectivity index (χ2n) is 6.89. The predicted octanol–water partition coefficient (Wildman–Crippen LogP) is 5.61. The zero-order valence-corrected chi connectivity index (χ0v) is 14.3. The van der Waals surface area contributed by atoms with E-state index < -0.39 is 12.1 Å². The van der Waals surface area contributed by atoms with Crippen LogP contribution in [0.2, 0.25) is 0 Å². The van der Waals surface area contributed by atoms with E-state index >= 15 is 0 Å². The van der Waals surface area contributed by atoms with Gasteiger partial charge in [-0.15, -0.1) is 0 Å². The molecule has 1 amide bonds. The number of unbranched alkanes of at least 4 members (excludes halogenated alkanes) is 6. The van der Waals surface area contributed by atoms with E-state index in [9.17, 15) is 18.0 Å². The molecule has 0 spiro atoms. The third-order valence-electron chi connectivity index (χ3n) is 4.03. The molecular weight excluding hydrogens is 291 g/mol. The molecule has 0 atom stereocenters. The van der Waals surface area contributed by atoms with Crippen LogP contribution in [0.1, 0.15) is 85.0 Å². The van der Waals surface area contributed by atoms with E-state index in [1.807, 2.05) is 5.32 Å².